The normalized spacial score (nSPS) is 11.8. The fraction of sp³-hybridized carbons (Fsp3) is 0.125. The molecular weight excluding hydrogens is 328 g/mol. The van der Waals surface area contributed by atoms with Crippen molar-refractivity contribution >= 4 is 23.5 Å². The lowest BCUT2D eigenvalue weighted by Gasteiger charge is -2.15. The van der Waals surface area contributed by atoms with E-state index in [9.17, 15) is 23.5 Å². The van der Waals surface area contributed by atoms with E-state index in [0.717, 1.165) is 12.1 Å². The van der Waals surface area contributed by atoms with Crippen molar-refractivity contribution in [2.24, 2.45) is 0 Å². The van der Waals surface area contributed by atoms with E-state index in [2.05, 4.69) is 5.32 Å². The molecule has 1 atom stereocenters. The number of halogens is 3. The number of nitrogens with one attached hydrogen (secondary N) is 1. The minimum absolute atomic E-state index is 0.0145. The summed E-state index contributed by atoms with van der Waals surface area (Å²) in [4.78, 5) is 23.3. The second kappa shape index (κ2) is 7.19. The van der Waals surface area contributed by atoms with Crippen LogP contribution >= 0.6 is 11.6 Å². The number of carboxylic acids is 1. The highest BCUT2D eigenvalue weighted by atomic mass is 35.5. The Labute approximate surface area is 135 Å². The van der Waals surface area contributed by atoms with Gasteiger partial charge >= 0.3 is 5.97 Å². The molecule has 2 aromatic rings. The molecule has 0 bridgehead atoms. The van der Waals surface area contributed by atoms with E-state index in [1.807, 2.05) is 0 Å². The highest BCUT2D eigenvalue weighted by Crippen LogP contribution is 2.13. The smallest absolute Gasteiger partial charge is 0.326 e. The molecule has 0 aliphatic carbocycles. The highest BCUT2D eigenvalue weighted by Gasteiger charge is 2.22. The molecule has 0 aromatic heterocycles. The molecule has 0 saturated carbocycles. The second-order valence-electron chi connectivity index (χ2n) is 4.86. The number of rotatable bonds is 5. The maximum absolute atomic E-state index is 13.1. The van der Waals surface area contributed by atoms with Crippen LogP contribution in [0.4, 0.5) is 8.78 Å². The number of carbonyl (C=O) groups is 2. The Bertz CT molecular complexity index is 732. The van der Waals surface area contributed by atoms with Gasteiger partial charge in [-0.2, -0.15) is 0 Å². The summed E-state index contributed by atoms with van der Waals surface area (Å²) in [5, 5.41) is 11.9. The molecule has 0 spiro atoms. The molecule has 0 aliphatic heterocycles. The Morgan fingerprint density at radius 3 is 2.35 bits per heavy atom. The largest absolute Gasteiger partial charge is 0.480 e. The van der Waals surface area contributed by atoms with Gasteiger partial charge in [0.05, 0.1) is 0 Å². The van der Waals surface area contributed by atoms with E-state index in [1.54, 1.807) is 24.3 Å². The fourth-order valence-corrected chi connectivity index (χ4v) is 2.24. The summed E-state index contributed by atoms with van der Waals surface area (Å²) in [5.41, 5.74) is 0.315. The zero-order valence-corrected chi connectivity index (χ0v) is 12.5. The predicted molar refractivity (Wildman–Crippen MR) is 80.4 cm³/mol. The van der Waals surface area contributed by atoms with Crippen molar-refractivity contribution in [3.8, 4) is 0 Å². The predicted octanol–water partition coefficient (Wildman–Crippen LogP) is 3.04. The van der Waals surface area contributed by atoms with E-state index in [0.29, 0.717) is 16.7 Å². The first-order valence-corrected chi connectivity index (χ1v) is 6.97. The first kappa shape index (κ1) is 16.9. The molecule has 7 heteroatoms. The Balaban J connectivity index is 2.15. The van der Waals surface area contributed by atoms with Crippen LogP contribution in [-0.4, -0.2) is 23.0 Å². The molecular formula is C16H12ClF2NO3. The van der Waals surface area contributed by atoms with Crippen molar-refractivity contribution in [1.29, 1.82) is 0 Å². The Kier molecular flexibility index (Phi) is 5.28. The average molecular weight is 340 g/mol. The standard InChI is InChI=1S/C16H12ClF2NO3/c17-11-3-1-2-9(4-11)5-14(16(22)23)20-15(21)10-6-12(18)8-13(19)7-10/h1-4,6-8,14H,5H2,(H,20,21)(H,22,23)/t14-/m1/s1. The third-order valence-corrected chi connectivity index (χ3v) is 3.29. The van der Waals surface area contributed by atoms with E-state index in [4.69, 9.17) is 11.6 Å². The van der Waals surface area contributed by atoms with Gasteiger partial charge in [0, 0.05) is 23.1 Å². The van der Waals surface area contributed by atoms with Crippen LogP contribution < -0.4 is 5.32 Å². The molecule has 0 unspecified atom stereocenters. The molecule has 2 rings (SSSR count). The van der Waals surface area contributed by atoms with Gasteiger partial charge in [0.2, 0.25) is 0 Å². The second-order valence-corrected chi connectivity index (χ2v) is 5.29. The molecule has 2 aromatic carbocycles. The fourth-order valence-electron chi connectivity index (χ4n) is 2.03. The van der Waals surface area contributed by atoms with Crippen LogP contribution in [0.3, 0.4) is 0 Å². The molecule has 0 radical (unpaired) electrons. The number of aliphatic carboxylic acids is 1. The van der Waals surface area contributed by atoms with Gasteiger partial charge in [0.1, 0.15) is 17.7 Å². The first-order chi connectivity index (χ1) is 10.8. The van der Waals surface area contributed by atoms with Crippen molar-refractivity contribution in [2.75, 3.05) is 0 Å². The number of hydrogen-bond acceptors (Lipinski definition) is 2. The SMILES string of the molecule is O=C(N[C@H](Cc1cccc(Cl)c1)C(=O)O)c1cc(F)cc(F)c1. The third kappa shape index (κ3) is 4.75. The topological polar surface area (TPSA) is 66.4 Å². The van der Waals surface area contributed by atoms with Gasteiger partial charge in [-0.3, -0.25) is 4.79 Å². The molecule has 23 heavy (non-hydrogen) atoms. The summed E-state index contributed by atoms with van der Waals surface area (Å²) in [6.45, 7) is 0. The summed E-state index contributed by atoms with van der Waals surface area (Å²) < 4.78 is 26.2. The summed E-state index contributed by atoms with van der Waals surface area (Å²) in [6.07, 6.45) is -0.0145. The minimum atomic E-state index is -1.27. The number of carbonyl (C=O) groups excluding carboxylic acids is 1. The van der Waals surface area contributed by atoms with Crippen LogP contribution in [0.5, 0.6) is 0 Å². The van der Waals surface area contributed by atoms with Crippen molar-refractivity contribution in [3.63, 3.8) is 0 Å². The maximum Gasteiger partial charge on any atom is 0.326 e. The van der Waals surface area contributed by atoms with Crippen LogP contribution in [-0.2, 0) is 11.2 Å². The van der Waals surface area contributed by atoms with E-state index in [-0.39, 0.29) is 12.0 Å². The number of carboxylic acid groups (broad SMARTS) is 1. The Hall–Kier alpha value is -2.47. The van der Waals surface area contributed by atoms with E-state index in [1.165, 1.54) is 0 Å². The molecule has 0 aliphatic rings. The number of hydrogen-bond donors (Lipinski definition) is 2. The third-order valence-electron chi connectivity index (χ3n) is 3.06. The Morgan fingerprint density at radius 1 is 1.13 bits per heavy atom. The summed E-state index contributed by atoms with van der Waals surface area (Å²) >= 11 is 5.83. The Morgan fingerprint density at radius 2 is 1.78 bits per heavy atom. The molecule has 0 saturated heterocycles. The van der Waals surface area contributed by atoms with Crippen LogP contribution in [0.15, 0.2) is 42.5 Å². The lowest BCUT2D eigenvalue weighted by atomic mass is 10.1. The van der Waals surface area contributed by atoms with Crippen molar-refractivity contribution in [3.05, 3.63) is 70.2 Å². The molecule has 0 fully saturated rings. The van der Waals surface area contributed by atoms with Gasteiger partial charge in [-0.05, 0) is 29.8 Å². The number of benzene rings is 2. The van der Waals surface area contributed by atoms with Gasteiger partial charge in [0.25, 0.3) is 5.91 Å². The summed E-state index contributed by atoms with van der Waals surface area (Å²) in [6, 6.07) is 7.55. The molecule has 0 heterocycles. The monoisotopic (exact) mass is 339 g/mol. The van der Waals surface area contributed by atoms with Crippen molar-refractivity contribution < 1.29 is 23.5 Å². The summed E-state index contributed by atoms with van der Waals surface area (Å²) in [5.74, 6) is -3.98. The van der Waals surface area contributed by atoms with Crippen molar-refractivity contribution in [2.45, 2.75) is 12.5 Å². The van der Waals surface area contributed by atoms with Crippen molar-refractivity contribution in [1.82, 2.24) is 5.32 Å². The van der Waals surface area contributed by atoms with Gasteiger partial charge in [-0.1, -0.05) is 23.7 Å². The molecule has 1 amide bonds. The van der Waals surface area contributed by atoms with E-state index < -0.39 is 29.6 Å². The lowest BCUT2D eigenvalue weighted by molar-refractivity contribution is -0.139. The average Bonchev–Trinajstić information content (AvgIpc) is 2.45. The van der Waals surface area contributed by atoms with Gasteiger partial charge in [0.15, 0.2) is 0 Å². The van der Waals surface area contributed by atoms with Crippen LogP contribution in [0, 0.1) is 11.6 Å². The van der Waals surface area contributed by atoms with E-state index >= 15 is 0 Å². The summed E-state index contributed by atoms with van der Waals surface area (Å²) in [7, 11) is 0. The molecule has 4 nitrogen and oxygen atoms in total. The quantitative estimate of drug-likeness (QED) is 0.880. The zero-order valence-electron chi connectivity index (χ0n) is 11.7. The van der Waals surface area contributed by atoms with Crippen LogP contribution in [0.2, 0.25) is 5.02 Å². The molecule has 120 valence electrons. The first-order valence-electron chi connectivity index (χ1n) is 6.59. The zero-order chi connectivity index (χ0) is 17.0. The minimum Gasteiger partial charge on any atom is -0.480 e. The number of amides is 1. The van der Waals surface area contributed by atoms with Gasteiger partial charge in [-0.15, -0.1) is 0 Å². The highest BCUT2D eigenvalue weighted by molar-refractivity contribution is 6.30. The van der Waals surface area contributed by atoms with Gasteiger partial charge < -0.3 is 10.4 Å². The van der Waals surface area contributed by atoms with Gasteiger partial charge in [-0.25, -0.2) is 13.6 Å². The van der Waals surface area contributed by atoms with Crippen LogP contribution in [0.25, 0.3) is 0 Å². The maximum atomic E-state index is 13.1. The lowest BCUT2D eigenvalue weighted by Crippen LogP contribution is -2.42. The molecule has 2 N–H and O–H groups in total. The van der Waals surface area contributed by atoms with Crippen LogP contribution in [0.1, 0.15) is 15.9 Å².